The summed E-state index contributed by atoms with van der Waals surface area (Å²) in [7, 11) is 0. The first-order chi connectivity index (χ1) is 12.1. The fourth-order valence-corrected chi connectivity index (χ4v) is 2.52. The molecule has 1 atom stereocenters. The van der Waals surface area contributed by atoms with Gasteiger partial charge < -0.3 is 10.6 Å². The number of hydrogen-bond acceptors (Lipinski definition) is 3. The van der Waals surface area contributed by atoms with Crippen LogP contribution in [0.25, 0.3) is 0 Å². The van der Waals surface area contributed by atoms with Gasteiger partial charge in [0.15, 0.2) is 0 Å². The lowest BCUT2D eigenvalue weighted by Gasteiger charge is -2.24. The smallest absolute Gasteiger partial charge is 0.220 e. The Bertz CT molecular complexity index is 702. The third-order valence-electron chi connectivity index (χ3n) is 4.17. The number of benzene rings is 2. The van der Waals surface area contributed by atoms with Gasteiger partial charge in [-0.05, 0) is 42.2 Å². The number of nitrogens with zero attached hydrogens (tertiary/aromatic N) is 1. The Labute approximate surface area is 149 Å². The highest BCUT2D eigenvalue weighted by Gasteiger charge is 2.14. The molecule has 2 N–H and O–H groups in total. The van der Waals surface area contributed by atoms with Crippen LogP contribution in [0.5, 0.6) is 0 Å². The van der Waals surface area contributed by atoms with E-state index in [2.05, 4.69) is 30.6 Å². The van der Waals surface area contributed by atoms with Crippen molar-refractivity contribution >= 4 is 11.6 Å². The molecule has 130 valence electrons. The first kappa shape index (κ1) is 18.5. The Morgan fingerprint density at radius 1 is 1.08 bits per heavy atom. The predicted molar refractivity (Wildman–Crippen MR) is 101 cm³/mol. The third-order valence-corrected chi connectivity index (χ3v) is 4.17. The van der Waals surface area contributed by atoms with Crippen LogP contribution in [0.2, 0.25) is 0 Å². The number of nitrogens with one attached hydrogen (secondary N) is 2. The molecule has 4 heteroatoms. The van der Waals surface area contributed by atoms with Gasteiger partial charge in [0, 0.05) is 24.7 Å². The normalized spacial score (nSPS) is 11.6. The van der Waals surface area contributed by atoms with E-state index in [-0.39, 0.29) is 11.9 Å². The molecule has 0 aliphatic heterocycles. The molecule has 0 spiro atoms. The first-order valence-corrected chi connectivity index (χ1v) is 8.66. The lowest BCUT2D eigenvalue weighted by atomic mass is 10.0. The van der Waals surface area contributed by atoms with Crippen LogP contribution < -0.4 is 10.6 Å². The molecule has 4 nitrogen and oxygen atoms in total. The molecule has 0 saturated carbocycles. The summed E-state index contributed by atoms with van der Waals surface area (Å²) in [6.07, 6.45) is 1.12. The number of para-hydroxylation sites is 1. The van der Waals surface area contributed by atoms with Crippen LogP contribution in [0.4, 0.5) is 5.69 Å². The van der Waals surface area contributed by atoms with E-state index in [1.807, 2.05) is 42.5 Å². The van der Waals surface area contributed by atoms with E-state index in [1.54, 1.807) is 12.1 Å². The Morgan fingerprint density at radius 3 is 2.36 bits per heavy atom. The SMILES string of the molecule is CC(C)C(CNC(=O)CCc1ccc(C#N)cc1)Nc1ccccc1. The lowest BCUT2D eigenvalue weighted by Crippen LogP contribution is -2.39. The van der Waals surface area contributed by atoms with Crippen molar-refractivity contribution in [3.63, 3.8) is 0 Å². The average molecular weight is 335 g/mol. The zero-order valence-corrected chi connectivity index (χ0v) is 14.8. The van der Waals surface area contributed by atoms with E-state index < -0.39 is 0 Å². The van der Waals surface area contributed by atoms with Crippen molar-refractivity contribution in [2.75, 3.05) is 11.9 Å². The summed E-state index contributed by atoms with van der Waals surface area (Å²) in [5.41, 5.74) is 2.77. The van der Waals surface area contributed by atoms with Gasteiger partial charge in [0.25, 0.3) is 0 Å². The zero-order chi connectivity index (χ0) is 18.1. The summed E-state index contributed by atoms with van der Waals surface area (Å²) in [5, 5.41) is 15.3. The summed E-state index contributed by atoms with van der Waals surface area (Å²) < 4.78 is 0. The number of aryl methyl sites for hydroxylation is 1. The van der Waals surface area contributed by atoms with E-state index in [9.17, 15) is 4.79 Å². The molecule has 0 aliphatic carbocycles. The van der Waals surface area contributed by atoms with Crippen molar-refractivity contribution in [3.05, 3.63) is 65.7 Å². The third kappa shape index (κ3) is 6.31. The molecule has 0 aromatic heterocycles. The van der Waals surface area contributed by atoms with Gasteiger partial charge in [0.2, 0.25) is 5.91 Å². The Morgan fingerprint density at radius 2 is 1.76 bits per heavy atom. The van der Waals surface area contributed by atoms with Gasteiger partial charge >= 0.3 is 0 Å². The van der Waals surface area contributed by atoms with Crippen molar-refractivity contribution in [2.24, 2.45) is 5.92 Å². The van der Waals surface area contributed by atoms with Crippen LogP contribution >= 0.6 is 0 Å². The number of carbonyl (C=O) groups excluding carboxylic acids is 1. The maximum absolute atomic E-state index is 12.1. The van der Waals surface area contributed by atoms with Gasteiger partial charge in [-0.3, -0.25) is 4.79 Å². The summed E-state index contributed by atoms with van der Waals surface area (Å²) >= 11 is 0. The lowest BCUT2D eigenvalue weighted by molar-refractivity contribution is -0.121. The number of nitriles is 1. The minimum atomic E-state index is 0.0462. The van der Waals surface area contributed by atoms with E-state index in [0.29, 0.717) is 30.9 Å². The minimum absolute atomic E-state index is 0.0462. The van der Waals surface area contributed by atoms with Crippen molar-refractivity contribution in [2.45, 2.75) is 32.7 Å². The predicted octanol–water partition coefficient (Wildman–Crippen LogP) is 3.74. The topological polar surface area (TPSA) is 64.9 Å². The Hall–Kier alpha value is -2.80. The quantitative estimate of drug-likeness (QED) is 0.772. The second-order valence-corrected chi connectivity index (χ2v) is 6.47. The van der Waals surface area contributed by atoms with Gasteiger partial charge in [-0.1, -0.05) is 44.2 Å². The highest BCUT2D eigenvalue weighted by Crippen LogP contribution is 2.12. The summed E-state index contributed by atoms with van der Waals surface area (Å²) in [4.78, 5) is 12.1. The first-order valence-electron chi connectivity index (χ1n) is 8.66. The van der Waals surface area contributed by atoms with Gasteiger partial charge in [-0.15, -0.1) is 0 Å². The summed E-state index contributed by atoms with van der Waals surface area (Å²) in [6.45, 7) is 4.88. The number of anilines is 1. The number of amides is 1. The van der Waals surface area contributed by atoms with Crippen LogP contribution in [-0.2, 0) is 11.2 Å². The molecule has 0 heterocycles. The fraction of sp³-hybridized carbons (Fsp3) is 0.333. The molecule has 0 radical (unpaired) electrons. The van der Waals surface area contributed by atoms with Crippen molar-refractivity contribution < 1.29 is 4.79 Å². The summed E-state index contributed by atoms with van der Waals surface area (Å²) in [5.74, 6) is 0.448. The van der Waals surface area contributed by atoms with Crippen LogP contribution in [-0.4, -0.2) is 18.5 Å². The largest absolute Gasteiger partial charge is 0.380 e. The van der Waals surface area contributed by atoms with Gasteiger partial charge in [-0.2, -0.15) is 5.26 Å². The monoisotopic (exact) mass is 335 g/mol. The molecule has 0 aliphatic rings. The average Bonchev–Trinajstić information content (AvgIpc) is 2.64. The molecule has 2 aromatic carbocycles. The molecule has 0 saturated heterocycles. The second kappa shape index (κ2) is 9.48. The van der Waals surface area contributed by atoms with E-state index in [0.717, 1.165) is 11.3 Å². The van der Waals surface area contributed by atoms with Gasteiger partial charge in [0.05, 0.1) is 11.6 Å². The molecule has 2 aromatic rings. The Balaban J connectivity index is 1.79. The highest BCUT2D eigenvalue weighted by molar-refractivity contribution is 5.76. The maximum atomic E-state index is 12.1. The van der Waals surface area contributed by atoms with Crippen LogP contribution in [0.3, 0.4) is 0 Å². The molecule has 1 amide bonds. The van der Waals surface area contributed by atoms with Crippen LogP contribution in [0.1, 0.15) is 31.4 Å². The summed E-state index contributed by atoms with van der Waals surface area (Å²) in [6, 6.07) is 19.7. The fourth-order valence-electron chi connectivity index (χ4n) is 2.52. The Kier molecular flexibility index (Phi) is 7.03. The van der Waals surface area contributed by atoms with Crippen molar-refractivity contribution in [1.29, 1.82) is 5.26 Å². The van der Waals surface area contributed by atoms with Crippen LogP contribution in [0, 0.1) is 17.2 Å². The number of rotatable bonds is 8. The van der Waals surface area contributed by atoms with E-state index in [1.165, 1.54) is 0 Å². The number of hydrogen-bond donors (Lipinski definition) is 2. The minimum Gasteiger partial charge on any atom is -0.380 e. The molecular weight excluding hydrogens is 310 g/mol. The highest BCUT2D eigenvalue weighted by atomic mass is 16.1. The maximum Gasteiger partial charge on any atom is 0.220 e. The molecule has 0 fully saturated rings. The molecule has 1 unspecified atom stereocenters. The van der Waals surface area contributed by atoms with E-state index in [4.69, 9.17) is 5.26 Å². The van der Waals surface area contributed by atoms with Crippen molar-refractivity contribution in [1.82, 2.24) is 5.32 Å². The van der Waals surface area contributed by atoms with Crippen LogP contribution in [0.15, 0.2) is 54.6 Å². The van der Waals surface area contributed by atoms with Gasteiger partial charge in [-0.25, -0.2) is 0 Å². The molecule has 25 heavy (non-hydrogen) atoms. The standard InChI is InChI=1S/C21H25N3O/c1-16(2)20(24-19-6-4-3-5-7-19)15-23-21(25)13-12-17-8-10-18(14-22)11-9-17/h3-11,16,20,24H,12-13,15H2,1-2H3,(H,23,25). The zero-order valence-electron chi connectivity index (χ0n) is 14.8. The molecular formula is C21H25N3O. The number of carbonyl (C=O) groups is 1. The van der Waals surface area contributed by atoms with E-state index >= 15 is 0 Å². The molecule has 2 rings (SSSR count). The van der Waals surface area contributed by atoms with Crippen molar-refractivity contribution in [3.8, 4) is 6.07 Å². The second-order valence-electron chi connectivity index (χ2n) is 6.47. The molecule has 0 bridgehead atoms. The van der Waals surface area contributed by atoms with Gasteiger partial charge in [0.1, 0.15) is 0 Å².